The molecule has 1 aliphatic rings. The summed E-state index contributed by atoms with van der Waals surface area (Å²) in [7, 11) is 0. The van der Waals surface area contributed by atoms with Crippen LogP contribution in [-0.4, -0.2) is 29.4 Å². The smallest absolute Gasteiger partial charge is 0.244 e. The van der Waals surface area contributed by atoms with Gasteiger partial charge in [-0.1, -0.05) is 6.07 Å². The molecular weight excluding hydrogens is 258 g/mol. The van der Waals surface area contributed by atoms with E-state index in [1.807, 2.05) is 12.1 Å². The average molecular weight is 277 g/mol. The Morgan fingerprint density at radius 1 is 1.40 bits per heavy atom. The molecule has 0 saturated heterocycles. The van der Waals surface area contributed by atoms with Crippen LogP contribution < -0.4 is 14.8 Å². The quantitative estimate of drug-likeness (QED) is 0.822. The van der Waals surface area contributed by atoms with Crippen LogP contribution in [0.2, 0.25) is 0 Å². The van der Waals surface area contributed by atoms with Gasteiger partial charge in [-0.15, -0.1) is 0 Å². The van der Waals surface area contributed by atoms with E-state index in [1.165, 1.54) is 6.08 Å². The maximum absolute atomic E-state index is 11.8. The van der Waals surface area contributed by atoms with Crippen LogP contribution in [0.3, 0.4) is 0 Å². The molecule has 0 bridgehead atoms. The van der Waals surface area contributed by atoms with Gasteiger partial charge >= 0.3 is 0 Å². The minimum Gasteiger partial charge on any atom is -0.454 e. The van der Waals surface area contributed by atoms with E-state index in [2.05, 4.69) is 5.32 Å². The zero-order chi connectivity index (χ0) is 14.8. The predicted octanol–water partition coefficient (Wildman–Crippen LogP) is 1.70. The lowest BCUT2D eigenvalue weighted by molar-refractivity contribution is -0.119. The number of aliphatic hydroxyl groups is 1. The molecule has 5 heteroatoms. The molecule has 5 nitrogen and oxygen atoms in total. The first kappa shape index (κ1) is 14.4. The number of amides is 1. The van der Waals surface area contributed by atoms with Gasteiger partial charge in [0.15, 0.2) is 11.5 Å². The average Bonchev–Trinajstić information content (AvgIpc) is 2.82. The lowest BCUT2D eigenvalue weighted by atomic mass is 9.99. The van der Waals surface area contributed by atoms with Gasteiger partial charge in [0.1, 0.15) is 0 Å². The standard InChI is InChI=1S/C15H19NO4/c1-10(17)15(2,3)16-14(18)7-5-11-4-6-12-13(8-11)20-9-19-12/h4-8,10,17H,9H2,1-3H3,(H,16,18)/b7-5+. The number of hydrogen-bond acceptors (Lipinski definition) is 4. The number of ether oxygens (including phenoxy) is 2. The van der Waals surface area contributed by atoms with Crippen molar-refractivity contribution in [2.75, 3.05) is 6.79 Å². The van der Waals surface area contributed by atoms with E-state index in [1.54, 1.807) is 32.9 Å². The SMILES string of the molecule is CC(O)C(C)(C)NC(=O)/C=C/c1ccc2c(c1)OCO2. The molecule has 108 valence electrons. The Labute approximate surface area is 118 Å². The van der Waals surface area contributed by atoms with E-state index in [0.717, 1.165) is 5.56 Å². The van der Waals surface area contributed by atoms with Crippen LogP contribution in [0.15, 0.2) is 24.3 Å². The lowest BCUT2D eigenvalue weighted by Gasteiger charge is -2.28. The van der Waals surface area contributed by atoms with Gasteiger partial charge in [0.25, 0.3) is 0 Å². The summed E-state index contributed by atoms with van der Waals surface area (Å²) in [5, 5.41) is 12.3. The third-order valence-corrected chi connectivity index (χ3v) is 3.31. The van der Waals surface area contributed by atoms with Gasteiger partial charge in [0.05, 0.1) is 11.6 Å². The van der Waals surface area contributed by atoms with Crippen LogP contribution in [0.25, 0.3) is 6.08 Å². The number of carbonyl (C=O) groups is 1. The largest absolute Gasteiger partial charge is 0.454 e. The Morgan fingerprint density at radius 2 is 2.10 bits per heavy atom. The fourth-order valence-electron chi connectivity index (χ4n) is 1.65. The second-order valence-electron chi connectivity index (χ2n) is 5.33. The Hall–Kier alpha value is -2.01. The first-order valence-corrected chi connectivity index (χ1v) is 6.46. The molecule has 0 aliphatic carbocycles. The molecule has 0 saturated carbocycles. The number of nitrogens with one attached hydrogen (secondary N) is 1. The summed E-state index contributed by atoms with van der Waals surface area (Å²) in [4.78, 5) is 11.8. The molecule has 2 rings (SSSR count). The number of benzene rings is 1. The summed E-state index contributed by atoms with van der Waals surface area (Å²) in [5.74, 6) is 1.13. The minimum atomic E-state index is -0.670. The summed E-state index contributed by atoms with van der Waals surface area (Å²) < 4.78 is 10.5. The molecule has 1 unspecified atom stereocenters. The molecule has 0 aromatic heterocycles. The zero-order valence-corrected chi connectivity index (χ0v) is 11.8. The second kappa shape index (κ2) is 5.54. The van der Waals surface area contributed by atoms with Crippen molar-refractivity contribution in [1.29, 1.82) is 0 Å². The van der Waals surface area contributed by atoms with Crippen molar-refractivity contribution >= 4 is 12.0 Å². The molecule has 1 heterocycles. The number of carbonyl (C=O) groups excluding carboxylic acids is 1. The van der Waals surface area contributed by atoms with Crippen LogP contribution in [0.5, 0.6) is 11.5 Å². The molecule has 20 heavy (non-hydrogen) atoms. The van der Waals surface area contributed by atoms with Crippen LogP contribution in [0, 0.1) is 0 Å². The Balaban J connectivity index is 2.01. The van der Waals surface area contributed by atoms with Crippen LogP contribution in [-0.2, 0) is 4.79 Å². The summed E-state index contributed by atoms with van der Waals surface area (Å²) in [5.41, 5.74) is 0.176. The number of rotatable bonds is 4. The normalized spacial score (nSPS) is 15.4. The zero-order valence-electron chi connectivity index (χ0n) is 11.8. The Bertz CT molecular complexity index is 535. The fourth-order valence-corrected chi connectivity index (χ4v) is 1.65. The van der Waals surface area contributed by atoms with Crippen LogP contribution in [0.4, 0.5) is 0 Å². The van der Waals surface area contributed by atoms with E-state index >= 15 is 0 Å². The first-order chi connectivity index (χ1) is 9.38. The highest BCUT2D eigenvalue weighted by Crippen LogP contribution is 2.32. The minimum absolute atomic E-state index is 0.228. The van der Waals surface area contributed by atoms with Gasteiger partial charge in [-0.2, -0.15) is 0 Å². The number of hydrogen-bond donors (Lipinski definition) is 2. The van der Waals surface area contributed by atoms with Gasteiger partial charge in [0.2, 0.25) is 12.7 Å². The predicted molar refractivity (Wildman–Crippen MR) is 75.5 cm³/mol. The first-order valence-electron chi connectivity index (χ1n) is 6.46. The molecule has 2 N–H and O–H groups in total. The summed E-state index contributed by atoms with van der Waals surface area (Å²) >= 11 is 0. The van der Waals surface area contributed by atoms with E-state index < -0.39 is 11.6 Å². The van der Waals surface area contributed by atoms with Gasteiger partial charge in [-0.05, 0) is 44.5 Å². The van der Waals surface area contributed by atoms with E-state index in [4.69, 9.17) is 9.47 Å². The maximum atomic E-state index is 11.8. The molecular formula is C15H19NO4. The Morgan fingerprint density at radius 3 is 2.80 bits per heavy atom. The summed E-state index contributed by atoms with van der Waals surface area (Å²) in [6.45, 7) is 5.40. The molecule has 0 radical (unpaired) electrons. The van der Waals surface area contributed by atoms with Crippen LogP contribution in [0.1, 0.15) is 26.3 Å². The van der Waals surface area contributed by atoms with Gasteiger partial charge < -0.3 is 19.9 Å². The van der Waals surface area contributed by atoms with Gasteiger partial charge in [-0.3, -0.25) is 4.79 Å². The van der Waals surface area contributed by atoms with Crippen molar-refractivity contribution < 1.29 is 19.4 Å². The highest BCUT2D eigenvalue weighted by molar-refractivity contribution is 5.92. The van der Waals surface area contributed by atoms with Crippen molar-refractivity contribution in [2.24, 2.45) is 0 Å². The molecule has 0 fully saturated rings. The molecule has 1 atom stereocenters. The third kappa shape index (κ3) is 3.30. The fraction of sp³-hybridized carbons (Fsp3) is 0.400. The van der Waals surface area contributed by atoms with Crippen molar-refractivity contribution in [3.8, 4) is 11.5 Å². The van der Waals surface area contributed by atoms with E-state index in [-0.39, 0.29) is 12.7 Å². The van der Waals surface area contributed by atoms with Crippen molar-refractivity contribution in [3.05, 3.63) is 29.8 Å². The molecule has 1 aromatic rings. The maximum Gasteiger partial charge on any atom is 0.244 e. The highest BCUT2D eigenvalue weighted by Gasteiger charge is 2.24. The van der Waals surface area contributed by atoms with Crippen molar-refractivity contribution in [3.63, 3.8) is 0 Å². The van der Waals surface area contributed by atoms with Gasteiger partial charge in [0, 0.05) is 6.08 Å². The van der Waals surface area contributed by atoms with Crippen molar-refractivity contribution in [2.45, 2.75) is 32.4 Å². The molecule has 1 aromatic carbocycles. The monoisotopic (exact) mass is 277 g/mol. The molecule has 1 amide bonds. The number of aliphatic hydroxyl groups excluding tert-OH is 1. The van der Waals surface area contributed by atoms with Gasteiger partial charge in [-0.25, -0.2) is 0 Å². The lowest BCUT2D eigenvalue weighted by Crippen LogP contribution is -2.50. The topological polar surface area (TPSA) is 67.8 Å². The van der Waals surface area contributed by atoms with Crippen molar-refractivity contribution in [1.82, 2.24) is 5.32 Å². The van der Waals surface area contributed by atoms with E-state index in [0.29, 0.717) is 11.5 Å². The molecule has 1 aliphatic heterocycles. The highest BCUT2D eigenvalue weighted by atomic mass is 16.7. The third-order valence-electron chi connectivity index (χ3n) is 3.31. The molecule has 0 spiro atoms. The summed E-state index contributed by atoms with van der Waals surface area (Å²) in [6, 6.07) is 5.46. The second-order valence-corrected chi connectivity index (χ2v) is 5.33. The number of fused-ring (bicyclic) bond motifs is 1. The Kier molecular flexibility index (Phi) is 3.99. The summed E-state index contributed by atoms with van der Waals surface area (Å²) in [6.07, 6.45) is 2.49. The van der Waals surface area contributed by atoms with Crippen LogP contribution >= 0.6 is 0 Å². The van der Waals surface area contributed by atoms with E-state index in [9.17, 15) is 9.90 Å².